The summed E-state index contributed by atoms with van der Waals surface area (Å²) in [5.74, 6) is -0.0672. The summed E-state index contributed by atoms with van der Waals surface area (Å²) in [6, 6.07) is 42.6. The second kappa shape index (κ2) is 10.8. The molecule has 4 heteroatoms. The van der Waals surface area contributed by atoms with E-state index in [0.29, 0.717) is 17.5 Å². The van der Waals surface area contributed by atoms with Gasteiger partial charge in [0.15, 0.2) is 0 Å². The Morgan fingerprint density at radius 1 is 0.528 bits per heavy atom. The van der Waals surface area contributed by atoms with Crippen molar-refractivity contribution in [2.45, 2.75) is 12.8 Å². The van der Waals surface area contributed by atoms with E-state index in [-0.39, 0.29) is 18.2 Å². The molecular weight excluding hydrogens is 469 g/mol. The average Bonchev–Trinajstić information content (AvgIpc) is 2.93. The first kappa shape index (κ1) is 23.9. The summed E-state index contributed by atoms with van der Waals surface area (Å²) in [6.45, 7) is 0.0713. The zero-order valence-corrected chi connectivity index (χ0v) is 20.8. The average molecular weight is 497 g/mol. The second-order valence-electron chi connectivity index (χ2n) is 8.81. The fourth-order valence-corrected chi connectivity index (χ4v) is 9.60. The van der Waals surface area contributed by atoms with Crippen molar-refractivity contribution in [3.8, 4) is 5.75 Å². The molecule has 36 heavy (non-hydrogen) atoms. The molecule has 0 fully saturated rings. The summed E-state index contributed by atoms with van der Waals surface area (Å²) in [6.07, 6.45) is 0.593. The number of ether oxygens (including phenoxy) is 1. The van der Waals surface area contributed by atoms with Crippen LogP contribution in [0.1, 0.15) is 11.1 Å². The van der Waals surface area contributed by atoms with Crippen LogP contribution in [0.2, 0.25) is 0 Å². The van der Waals surface area contributed by atoms with Gasteiger partial charge >= 0.3 is 211 Å². The fourth-order valence-electron chi connectivity index (χ4n) is 4.86. The molecule has 0 saturated carbocycles. The molecule has 180 valence electrons. The predicted octanol–water partition coefficient (Wildman–Crippen LogP) is 6.77. The molecule has 0 amide bonds. The van der Waals surface area contributed by atoms with Crippen LogP contribution in [-0.4, -0.2) is 0 Å². The van der Waals surface area contributed by atoms with E-state index in [1.807, 2.05) is 18.2 Å². The molecule has 0 aliphatic heterocycles. The van der Waals surface area contributed by atoms with Crippen molar-refractivity contribution in [1.82, 2.24) is 0 Å². The van der Waals surface area contributed by atoms with E-state index in [0.717, 1.165) is 5.56 Å². The van der Waals surface area contributed by atoms with Crippen molar-refractivity contribution in [3.63, 3.8) is 0 Å². The van der Waals surface area contributed by atoms with Crippen LogP contribution in [0.5, 0.6) is 5.75 Å². The molecule has 0 saturated heterocycles. The molecule has 5 rings (SSSR count). The number of hydrogen-bond acceptors (Lipinski definition) is 1. The van der Waals surface area contributed by atoms with Gasteiger partial charge in [-0.15, -0.1) is 0 Å². The van der Waals surface area contributed by atoms with Crippen LogP contribution in [0.3, 0.4) is 0 Å². The topological polar surface area (TPSA) is 9.23 Å². The second-order valence-corrected chi connectivity index (χ2v) is 12.7. The summed E-state index contributed by atoms with van der Waals surface area (Å²) in [5, 5.41) is 3.69. The van der Waals surface area contributed by atoms with Gasteiger partial charge in [-0.25, -0.2) is 0 Å². The van der Waals surface area contributed by atoms with Gasteiger partial charge in [0.25, 0.3) is 0 Å². The van der Waals surface area contributed by atoms with Gasteiger partial charge in [0, 0.05) is 0 Å². The van der Waals surface area contributed by atoms with E-state index >= 15 is 0 Å². The van der Waals surface area contributed by atoms with Crippen LogP contribution in [-0.2, 0) is 12.8 Å². The molecule has 0 N–H and O–H groups in total. The normalized spacial score (nSPS) is 11.7. The minimum absolute atomic E-state index is 0.0713. The van der Waals surface area contributed by atoms with E-state index in [1.54, 1.807) is 30.3 Å². The molecule has 0 unspecified atom stereocenters. The Hall–Kier alpha value is -3.81. The molecule has 0 spiro atoms. The molecule has 0 heterocycles. The molecular formula is C32H27F2OP. The van der Waals surface area contributed by atoms with E-state index in [2.05, 4.69) is 72.8 Å². The molecule has 0 aliphatic rings. The number of benzene rings is 5. The first-order valence-corrected chi connectivity index (χ1v) is 14.2. The first-order valence-electron chi connectivity index (χ1n) is 12.0. The standard InChI is InChI=1S/C32H27F2OP/c33-27-20-21-32(35-23-25-12-10-11-19-31(25)34)26(22-27)24-36(28-13-4-1-5-14-28,29-15-6-2-7-16-29)30-17-8-3-9-18-30/h1-22,36H,23-24H2. The van der Waals surface area contributed by atoms with Gasteiger partial charge in [0.05, 0.1) is 0 Å². The van der Waals surface area contributed by atoms with Crippen LogP contribution < -0.4 is 20.7 Å². The van der Waals surface area contributed by atoms with Crippen LogP contribution >= 0.6 is 7.26 Å². The van der Waals surface area contributed by atoms with Crippen LogP contribution in [0.15, 0.2) is 133 Å². The van der Waals surface area contributed by atoms with E-state index in [4.69, 9.17) is 4.74 Å². The molecule has 0 bridgehead atoms. The maximum atomic E-state index is 14.7. The number of rotatable bonds is 8. The third-order valence-electron chi connectivity index (χ3n) is 6.62. The summed E-state index contributed by atoms with van der Waals surface area (Å²) < 4.78 is 35.0. The quantitative estimate of drug-likeness (QED) is 0.216. The number of hydrogen-bond donors (Lipinski definition) is 0. The summed E-state index contributed by atoms with van der Waals surface area (Å²) >= 11 is 0. The van der Waals surface area contributed by atoms with Crippen LogP contribution in [0.4, 0.5) is 8.78 Å². The van der Waals surface area contributed by atoms with E-state index < -0.39 is 7.26 Å². The molecule has 0 atom stereocenters. The van der Waals surface area contributed by atoms with E-state index in [9.17, 15) is 8.78 Å². The first-order chi connectivity index (χ1) is 17.7. The SMILES string of the molecule is Fc1ccc(OCc2ccccc2F)c(C[PH](c2ccccc2)(c2ccccc2)c2ccccc2)c1. The van der Waals surface area contributed by atoms with Crippen LogP contribution in [0, 0.1) is 11.6 Å². The number of halogens is 2. The Bertz CT molecular complexity index is 1330. The maximum absolute atomic E-state index is 14.7. The Morgan fingerprint density at radius 3 is 1.56 bits per heavy atom. The van der Waals surface area contributed by atoms with Crippen LogP contribution in [0.25, 0.3) is 0 Å². The minimum atomic E-state index is -2.66. The third-order valence-corrected chi connectivity index (χ3v) is 11.5. The zero-order valence-electron chi connectivity index (χ0n) is 19.8. The third kappa shape index (κ3) is 4.94. The Kier molecular flexibility index (Phi) is 7.21. The monoisotopic (exact) mass is 496 g/mol. The molecule has 0 aromatic heterocycles. The molecule has 5 aromatic rings. The van der Waals surface area contributed by atoms with Crippen molar-refractivity contribution < 1.29 is 13.5 Å². The summed E-state index contributed by atoms with van der Waals surface area (Å²) in [7, 11) is -2.66. The predicted molar refractivity (Wildman–Crippen MR) is 147 cm³/mol. The van der Waals surface area contributed by atoms with Gasteiger partial charge in [-0.2, -0.15) is 0 Å². The van der Waals surface area contributed by atoms with Crippen molar-refractivity contribution in [2.24, 2.45) is 0 Å². The molecule has 1 nitrogen and oxygen atoms in total. The Morgan fingerprint density at radius 2 is 1.03 bits per heavy atom. The summed E-state index contributed by atoms with van der Waals surface area (Å²) in [4.78, 5) is 0. The molecule has 0 radical (unpaired) electrons. The Balaban J connectivity index is 1.65. The van der Waals surface area contributed by atoms with Gasteiger partial charge in [-0.3, -0.25) is 0 Å². The summed E-state index contributed by atoms with van der Waals surface area (Å²) in [5.41, 5.74) is 1.24. The molecule has 0 aliphatic carbocycles. The Labute approximate surface area is 211 Å². The van der Waals surface area contributed by atoms with Gasteiger partial charge in [-0.05, 0) is 0 Å². The molecule has 5 aromatic carbocycles. The van der Waals surface area contributed by atoms with Crippen molar-refractivity contribution in [1.29, 1.82) is 0 Å². The fraction of sp³-hybridized carbons (Fsp3) is 0.0625. The zero-order chi connectivity index (χ0) is 24.8. The van der Waals surface area contributed by atoms with Gasteiger partial charge in [0.1, 0.15) is 0 Å². The van der Waals surface area contributed by atoms with Gasteiger partial charge < -0.3 is 0 Å². The van der Waals surface area contributed by atoms with Crippen molar-refractivity contribution >= 4 is 23.2 Å². The van der Waals surface area contributed by atoms with Gasteiger partial charge in [-0.1, -0.05) is 0 Å². The van der Waals surface area contributed by atoms with Crippen molar-refractivity contribution in [2.75, 3.05) is 0 Å². The van der Waals surface area contributed by atoms with E-state index in [1.165, 1.54) is 28.0 Å². The van der Waals surface area contributed by atoms with Gasteiger partial charge in [0.2, 0.25) is 0 Å². The van der Waals surface area contributed by atoms with Crippen molar-refractivity contribution in [3.05, 3.63) is 156 Å².